The molecule has 4 nitrogen and oxygen atoms in total. The number of aliphatic hydroxyl groups excluding tert-OH is 1. The van der Waals surface area contributed by atoms with E-state index in [9.17, 15) is 4.79 Å². The highest BCUT2D eigenvalue weighted by Crippen LogP contribution is 2.05. The maximum atomic E-state index is 11.7. The molecule has 4 heteroatoms. The minimum absolute atomic E-state index is 0.0680. The quantitative estimate of drug-likeness (QED) is 0.787. The summed E-state index contributed by atoms with van der Waals surface area (Å²) in [5.74, 6) is 0.0911. The monoisotopic (exact) mass is 222 g/mol. The van der Waals surface area contributed by atoms with Crippen molar-refractivity contribution in [1.82, 2.24) is 9.88 Å². The average molecular weight is 222 g/mol. The van der Waals surface area contributed by atoms with Crippen LogP contribution < -0.4 is 0 Å². The Morgan fingerprint density at radius 2 is 2.12 bits per heavy atom. The van der Waals surface area contributed by atoms with E-state index in [1.165, 1.54) is 0 Å². The maximum absolute atomic E-state index is 11.7. The van der Waals surface area contributed by atoms with Crippen molar-refractivity contribution >= 4 is 5.91 Å². The summed E-state index contributed by atoms with van der Waals surface area (Å²) in [5, 5.41) is 8.68. The second kappa shape index (κ2) is 6.95. The second-order valence-electron chi connectivity index (χ2n) is 3.59. The molecule has 0 aliphatic heterocycles. The highest BCUT2D eigenvalue weighted by atomic mass is 16.3. The highest BCUT2D eigenvalue weighted by Gasteiger charge is 2.11. The van der Waals surface area contributed by atoms with Crippen LogP contribution >= 0.6 is 0 Å². The molecule has 0 bridgehead atoms. The molecule has 0 unspecified atom stereocenters. The molecule has 1 aromatic heterocycles. The number of nitrogens with zero attached hydrogens (tertiary/aromatic N) is 2. The zero-order chi connectivity index (χ0) is 11.8. The Balaban J connectivity index is 2.52. The summed E-state index contributed by atoms with van der Waals surface area (Å²) in [6.45, 7) is 3.33. The van der Waals surface area contributed by atoms with E-state index in [0.29, 0.717) is 25.9 Å². The normalized spacial score (nSPS) is 10.1. The van der Waals surface area contributed by atoms with Gasteiger partial charge in [-0.15, -0.1) is 0 Å². The van der Waals surface area contributed by atoms with Gasteiger partial charge in [-0.2, -0.15) is 0 Å². The van der Waals surface area contributed by atoms with Crippen LogP contribution in [0.1, 0.15) is 25.3 Å². The molecule has 0 aliphatic rings. The third-order valence-corrected chi connectivity index (χ3v) is 2.41. The van der Waals surface area contributed by atoms with Crippen LogP contribution in [0.3, 0.4) is 0 Å². The van der Waals surface area contributed by atoms with E-state index in [1.54, 1.807) is 17.3 Å². The molecule has 1 heterocycles. The number of pyridine rings is 1. The number of rotatable bonds is 6. The van der Waals surface area contributed by atoms with Gasteiger partial charge in [-0.1, -0.05) is 0 Å². The molecule has 0 saturated heterocycles. The first kappa shape index (κ1) is 12.6. The lowest BCUT2D eigenvalue weighted by Gasteiger charge is -2.20. The van der Waals surface area contributed by atoms with E-state index >= 15 is 0 Å². The molecule has 0 fully saturated rings. The summed E-state index contributed by atoms with van der Waals surface area (Å²) in [6, 6.07) is 3.81. The van der Waals surface area contributed by atoms with E-state index in [-0.39, 0.29) is 12.5 Å². The van der Waals surface area contributed by atoms with Gasteiger partial charge in [0.1, 0.15) is 0 Å². The summed E-state index contributed by atoms with van der Waals surface area (Å²) in [7, 11) is 0. The topological polar surface area (TPSA) is 53.4 Å². The van der Waals surface area contributed by atoms with Crippen molar-refractivity contribution in [2.24, 2.45) is 0 Å². The summed E-state index contributed by atoms with van der Waals surface area (Å²) in [5.41, 5.74) is 1.08. The van der Waals surface area contributed by atoms with Crippen molar-refractivity contribution < 1.29 is 9.90 Å². The Morgan fingerprint density at radius 3 is 2.69 bits per heavy atom. The lowest BCUT2D eigenvalue weighted by molar-refractivity contribution is -0.131. The van der Waals surface area contributed by atoms with Gasteiger partial charge in [-0.25, -0.2) is 0 Å². The molecule has 16 heavy (non-hydrogen) atoms. The SMILES string of the molecule is CCN(Cc1ccncc1)C(=O)CCCO. The maximum Gasteiger partial charge on any atom is 0.222 e. The molecule has 0 saturated carbocycles. The van der Waals surface area contributed by atoms with Crippen LogP contribution in [0.5, 0.6) is 0 Å². The molecule has 0 atom stereocenters. The van der Waals surface area contributed by atoms with Crippen LogP contribution in [-0.2, 0) is 11.3 Å². The van der Waals surface area contributed by atoms with Gasteiger partial charge < -0.3 is 10.0 Å². The van der Waals surface area contributed by atoms with Crippen LogP contribution in [0, 0.1) is 0 Å². The third-order valence-electron chi connectivity index (χ3n) is 2.41. The predicted octanol–water partition coefficient (Wildman–Crippen LogP) is 1.20. The lowest BCUT2D eigenvalue weighted by Crippen LogP contribution is -2.30. The zero-order valence-electron chi connectivity index (χ0n) is 9.59. The summed E-state index contributed by atoms with van der Waals surface area (Å²) in [6.07, 6.45) is 4.39. The predicted molar refractivity (Wildman–Crippen MR) is 61.6 cm³/mol. The summed E-state index contributed by atoms with van der Waals surface area (Å²) < 4.78 is 0. The summed E-state index contributed by atoms with van der Waals surface area (Å²) >= 11 is 0. The Morgan fingerprint density at radius 1 is 1.44 bits per heavy atom. The van der Waals surface area contributed by atoms with Gasteiger partial charge in [-0.05, 0) is 31.0 Å². The molecular formula is C12H18N2O2. The molecule has 1 N–H and O–H groups in total. The van der Waals surface area contributed by atoms with Crippen molar-refractivity contribution in [1.29, 1.82) is 0 Å². The van der Waals surface area contributed by atoms with E-state index < -0.39 is 0 Å². The van der Waals surface area contributed by atoms with Crippen molar-refractivity contribution in [3.63, 3.8) is 0 Å². The van der Waals surface area contributed by atoms with E-state index in [0.717, 1.165) is 5.56 Å². The Bertz CT molecular complexity index is 314. The van der Waals surface area contributed by atoms with Crippen molar-refractivity contribution in [2.45, 2.75) is 26.3 Å². The van der Waals surface area contributed by atoms with Gasteiger partial charge in [-0.3, -0.25) is 9.78 Å². The van der Waals surface area contributed by atoms with Gasteiger partial charge in [0.15, 0.2) is 0 Å². The molecule has 1 rings (SSSR count). The van der Waals surface area contributed by atoms with Crippen molar-refractivity contribution in [3.05, 3.63) is 30.1 Å². The third kappa shape index (κ3) is 3.98. The fourth-order valence-corrected chi connectivity index (χ4v) is 1.47. The number of hydrogen-bond donors (Lipinski definition) is 1. The molecule has 0 aliphatic carbocycles. The molecular weight excluding hydrogens is 204 g/mol. The largest absolute Gasteiger partial charge is 0.396 e. The number of aromatic nitrogens is 1. The van der Waals surface area contributed by atoms with Crippen molar-refractivity contribution in [2.75, 3.05) is 13.2 Å². The van der Waals surface area contributed by atoms with Crippen molar-refractivity contribution in [3.8, 4) is 0 Å². The van der Waals surface area contributed by atoms with E-state index in [4.69, 9.17) is 5.11 Å². The van der Waals surface area contributed by atoms with E-state index in [1.807, 2.05) is 19.1 Å². The summed E-state index contributed by atoms with van der Waals surface area (Å²) in [4.78, 5) is 17.5. The molecule has 1 amide bonds. The van der Waals surface area contributed by atoms with Crippen LogP contribution in [0.15, 0.2) is 24.5 Å². The minimum atomic E-state index is 0.0680. The van der Waals surface area contributed by atoms with Crippen LogP contribution in [0.2, 0.25) is 0 Å². The fourth-order valence-electron chi connectivity index (χ4n) is 1.47. The van der Waals surface area contributed by atoms with Gasteiger partial charge in [0, 0.05) is 38.5 Å². The first-order chi connectivity index (χ1) is 7.77. The van der Waals surface area contributed by atoms with Gasteiger partial charge in [0.25, 0.3) is 0 Å². The number of carbonyl (C=O) groups is 1. The smallest absolute Gasteiger partial charge is 0.222 e. The first-order valence-corrected chi connectivity index (χ1v) is 5.55. The Labute approximate surface area is 95.9 Å². The molecule has 88 valence electrons. The van der Waals surface area contributed by atoms with Crippen LogP contribution in [0.4, 0.5) is 0 Å². The Kier molecular flexibility index (Phi) is 5.50. The Hall–Kier alpha value is -1.42. The average Bonchev–Trinajstić information content (AvgIpc) is 2.34. The molecule has 1 aromatic rings. The number of carbonyl (C=O) groups excluding carboxylic acids is 1. The van der Waals surface area contributed by atoms with Crippen LogP contribution in [-0.4, -0.2) is 34.0 Å². The number of amides is 1. The van der Waals surface area contributed by atoms with E-state index in [2.05, 4.69) is 4.98 Å². The number of hydrogen-bond acceptors (Lipinski definition) is 3. The molecule has 0 spiro atoms. The fraction of sp³-hybridized carbons (Fsp3) is 0.500. The highest BCUT2D eigenvalue weighted by molar-refractivity contribution is 5.76. The number of aliphatic hydroxyl groups is 1. The molecule has 0 radical (unpaired) electrons. The van der Waals surface area contributed by atoms with Crippen LogP contribution in [0.25, 0.3) is 0 Å². The second-order valence-corrected chi connectivity index (χ2v) is 3.59. The van der Waals surface area contributed by atoms with Gasteiger partial charge in [0.2, 0.25) is 5.91 Å². The molecule has 0 aromatic carbocycles. The van der Waals surface area contributed by atoms with Gasteiger partial charge >= 0.3 is 0 Å². The first-order valence-electron chi connectivity index (χ1n) is 5.55. The minimum Gasteiger partial charge on any atom is -0.396 e. The lowest BCUT2D eigenvalue weighted by atomic mass is 10.2. The van der Waals surface area contributed by atoms with Gasteiger partial charge in [0.05, 0.1) is 0 Å². The standard InChI is InChI=1S/C12H18N2O2/c1-2-14(12(16)4-3-9-15)10-11-5-7-13-8-6-11/h5-8,15H,2-4,9-10H2,1H3. The zero-order valence-corrected chi connectivity index (χ0v) is 9.59.